The van der Waals surface area contributed by atoms with Crippen LogP contribution in [0.1, 0.15) is 48.8 Å². The summed E-state index contributed by atoms with van der Waals surface area (Å²) in [7, 11) is 0. The number of rotatable bonds is 1. The topological polar surface area (TPSA) is 55.1 Å². The predicted octanol–water partition coefficient (Wildman–Crippen LogP) is 1.72. The molecule has 2 aliphatic rings. The van der Waals surface area contributed by atoms with Gasteiger partial charge in [0, 0.05) is 12.2 Å². The molecule has 0 fully saturated rings. The van der Waals surface area contributed by atoms with E-state index in [2.05, 4.69) is 9.55 Å². The molecule has 4 heteroatoms. The van der Waals surface area contributed by atoms with E-state index in [4.69, 9.17) is 0 Å². The van der Waals surface area contributed by atoms with Crippen LogP contribution >= 0.6 is 0 Å². The molecule has 2 heterocycles. The average molecular weight is 220 g/mol. The lowest BCUT2D eigenvalue weighted by Gasteiger charge is -2.22. The Morgan fingerprint density at radius 3 is 2.94 bits per heavy atom. The van der Waals surface area contributed by atoms with Gasteiger partial charge in [-0.25, -0.2) is 4.98 Å². The van der Waals surface area contributed by atoms with Crippen LogP contribution in [0.5, 0.6) is 0 Å². The Hall–Kier alpha value is -1.32. The molecule has 16 heavy (non-hydrogen) atoms. The molecule has 1 atom stereocenters. The SMILES string of the molecule is O=C(O)[C@@H]1CCCn2c1nc1c2CCCC1. The van der Waals surface area contributed by atoms with Gasteiger partial charge >= 0.3 is 5.97 Å². The number of fused-ring (bicyclic) bond motifs is 3. The van der Waals surface area contributed by atoms with Gasteiger partial charge in [-0.2, -0.15) is 0 Å². The highest BCUT2D eigenvalue weighted by atomic mass is 16.4. The van der Waals surface area contributed by atoms with Crippen molar-refractivity contribution in [1.29, 1.82) is 0 Å². The number of carbonyl (C=O) groups is 1. The Morgan fingerprint density at radius 1 is 1.31 bits per heavy atom. The van der Waals surface area contributed by atoms with Gasteiger partial charge in [-0.15, -0.1) is 0 Å². The summed E-state index contributed by atoms with van der Waals surface area (Å²) in [6, 6.07) is 0. The first-order valence-corrected chi connectivity index (χ1v) is 6.08. The second kappa shape index (κ2) is 3.61. The second-order valence-corrected chi connectivity index (χ2v) is 4.76. The maximum Gasteiger partial charge on any atom is 0.314 e. The van der Waals surface area contributed by atoms with Crippen molar-refractivity contribution in [2.24, 2.45) is 0 Å². The summed E-state index contributed by atoms with van der Waals surface area (Å²) in [5.41, 5.74) is 2.47. The Kier molecular flexibility index (Phi) is 2.23. The summed E-state index contributed by atoms with van der Waals surface area (Å²) < 4.78 is 2.18. The fourth-order valence-electron chi connectivity index (χ4n) is 2.95. The number of aliphatic carboxylic acids is 1. The van der Waals surface area contributed by atoms with Crippen LogP contribution in [0.15, 0.2) is 0 Å². The lowest BCUT2D eigenvalue weighted by atomic mass is 9.98. The van der Waals surface area contributed by atoms with Crippen LogP contribution in [0.25, 0.3) is 0 Å². The van der Waals surface area contributed by atoms with Gasteiger partial charge in [-0.3, -0.25) is 4.79 Å². The molecule has 0 radical (unpaired) electrons. The number of hydrogen-bond acceptors (Lipinski definition) is 2. The zero-order valence-electron chi connectivity index (χ0n) is 9.28. The molecule has 0 saturated carbocycles. The Labute approximate surface area is 94.3 Å². The van der Waals surface area contributed by atoms with Gasteiger partial charge in [0.15, 0.2) is 0 Å². The Bertz CT molecular complexity index is 436. The van der Waals surface area contributed by atoms with Crippen molar-refractivity contribution in [1.82, 2.24) is 9.55 Å². The maximum absolute atomic E-state index is 11.2. The van der Waals surface area contributed by atoms with Gasteiger partial charge in [-0.1, -0.05) is 0 Å². The summed E-state index contributed by atoms with van der Waals surface area (Å²) in [5.74, 6) is -0.284. The van der Waals surface area contributed by atoms with Crippen molar-refractivity contribution >= 4 is 5.97 Å². The second-order valence-electron chi connectivity index (χ2n) is 4.76. The van der Waals surface area contributed by atoms with E-state index in [1.54, 1.807) is 0 Å². The van der Waals surface area contributed by atoms with Gasteiger partial charge in [0.25, 0.3) is 0 Å². The first-order valence-electron chi connectivity index (χ1n) is 6.08. The van der Waals surface area contributed by atoms with E-state index >= 15 is 0 Å². The average Bonchev–Trinajstić information content (AvgIpc) is 2.67. The van der Waals surface area contributed by atoms with E-state index < -0.39 is 5.97 Å². The molecule has 1 aromatic rings. The molecule has 1 aliphatic carbocycles. The number of aromatic nitrogens is 2. The zero-order chi connectivity index (χ0) is 11.1. The third-order valence-corrected chi connectivity index (χ3v) is 3.75. The number of imidazole rings is 1. The molecular formula is C12H16N2O2. The highest BCUT2D eigenvalue weighted by Gasteiger charge is 2.31. The summed E-state index contributed by atoms with van der Waals surface area (Å²) in [6.07, 6.45) is 6.23. The van der Waals surface area contributed by atoms with Gasteiger partial charge in [0.1, 0.15) is 11.7 Å². The highest BCUT2D eigenvalue weighted by Crippen LogP contribution is 2.32. The van der Waals surface area contributed by atoms with Gasteiger partial charge < -0.3 is 9.67 Å². The summed E-state index contributed by atoms with van der Waals surface area (Å²) >= 11 is 0. The number of nitrogens with zero attached hydrogens (tertiary/aromatic N) is 2. The van der Waals surface area contributed by atoms with Crippen molar-refractivity contribution in [3.8, 4) is 0 Å². The Balaban J connectivity index is 2.08. The lowest BCUT2D eigenvalue weighted by Crippen LogP contribution is -2.23. The van der Waals surface area contributed by atoms with Crippen molar-refractivity contribution < 1.29 is 9.90 Å². The van der Waals surface area contributed by atoms with E-state index in [0.717, 1.165) is 43.7 Å². The van der Waals surface area contributed by atoms with Crippen molar-refractivity contribution in [3.63, 3.8) is 0 Å². The first kappa shape index (κ1) is 9.87. The van der Waals surface area contributed by atoms with E-state index in [9.17, 15) is 9.90 Å². The molecule has 0 unspecified atom stereocenters. The van der Waals surface area contributed by atoms with Crippen LogP contribution in [0, 0.1) is 0 Å². The predicted molar refractivity (Wildman–Crippen MR) is 58.5 cm³/mol. The molecule has 1 aliphatic heterocycles. The Morgan fingerprint density at radius 2 is 2.12 bits per heavy atom. The molecule has 0 spiro atoms. The number of carboxylic acids is 1. The third kappa shape index (κ3) is 1.36. The largest absolute Gasteiger partial charge is 0.481 e. The molecule has 3 rings (SSSR count). The molecule has 1 aromatic heterocycles. The molecule has 0 amide bonds. The highest BCUT2D eigenvalue weighted by molar-refractivity contribution is 5.75. The van der Waals surface area contributed by atoms with Crippen LogP contribution in [0.2, 0.25) is 0 Å². The van der Waals surface area contributed by atoms with E-state index in [-0.39, 0.29) is 5.92 Å². The van der Waals surface area contributed by atoms with Gasteiger partial charge in [-0.05, 0) is 38.5 Å². The molecule has 1 N–H and O–H groups in total. The molecule has 86 valence electrons. The number of carboxylic acid groups (broad SMARTS) is 1. The van der Waals surface area contributed by atoms with Crippen LogP contribution in [-0.4, -0.2) is 20.6 Å². The zero-order valence-corrected chi connectivity index (χ0v) is 9.28. The minimum Gasteiger partial charge on any atom is -0.481 e. The molecule has 4 nitrogen and oxygen atoms in total. The molecule has 0 saturated heterocycles. The third-order valence-electron chi connectivity index (χ3n) is 3.75. The lowest BCUT2D eigenvalue weighted by molar-refractivity contribution is -0.139. The number of aryl methyl sites for hydroxylation is 1. The normalized spacial score (nSPS) is 23.6. The first-order chi connectivity index (χ1) is 7.77. The smallest absolute Gasteiger partial charge is 0.314 e. The van der Waals surface area contributed by atoms with Crippen LogP contribution < -0.4 is 0 Å². The van der Waals surface area contributed by atoms with Crippen LogP contribution in [0.4, 0.5) is 0 Å². The minimum absolute atomic E-state index is 0.376. The number of hydrogen-bond donors (Lipinski definition) is 1. The van der Waals surface area contributed by atoms with Crippen molar-refractivity contribution in [2.75, 3.05) is 0 Å². The fourth-order valence-corrected chi connectivity index (χ4v) is 2.95. The van der Waals surface area contributed by atoms with Crippen LogP contribution in [0.3, 0.4) is 0 Å². The van der Waals surface area contributed by atoms with Gasteiger partial charge in [0.05, 0.1) is 5.69 Å². The van der Waals surface area contributed by atoms with Gasteiger partial charge in [0.2, 0.25) is 0 Å². The van der Waals surface area contributed by atoms with E-state index in [1.807, 2.05) is 0 Å². The summed E-state index contributed by atoms with van der Waals surface area (Å²) in [6.45, 7) is 0.960. The molecular weight excluding hydrogens is 204 g/mol. The maximum atomic E-state index is 11.2. The van der Waals surface area contributed by atoms with Crippen molar-refractivity contribution in [2.45, 2.75) is 51.0 Å². The minimum atomic E-state index is -0.719. The van der Waals surface area contributed by atoms with E-state index in [0.29, 0.717) is 0 Å². The molecule has 0 bridgehead atoms. The van der Waals surface area contributed by atoms with Crippen LogP contribution in [-0.2, 0) is 24.2 Å². The van der Waals surface area contributed by atoms with Crippen molar-refractivity contribution in [3.05, 3.63) is 17.2 Å². The summed E-state index contributed by atoms with van der Waals surface area (Å²) in [4.78, 5) is 15.8. The summed E-state index contributed by atoms with van der Waals surface area (Å²) in [5, 5.41) is 9.19. The molecule has 0 aromatic carbocycles. The van der Waals surface area contributed by atoms with E-state index in [1.165, 1.54) is 18.5 Å². The quantitative estimate of drug-likeness (QED) is 0.784. The standard InChI is InChI=1S/C12H16N2O2/c15-12(16)8-4-3-7-14-10-6-2-1-5-9(10)13-11(8)14/h8H,1-7H2,(H,15,16)/t8-/m1/s1. The monoisotopic (exact) mass is 220 g/mol. The fraction of sp³-hybridized carbons (Fsp3) is 0.667.